The molecule has 2 atom stereocenters. The van der Waals surface area contributed by atoms with Crippen molar-refractivity contribution in [1.29, 1.82) is 0 Å². The van der Waals surface area contributed by atoms with E-state index in [0.29, 0.717) is 17.7 Å². The molecule has 1 fully saturated rings. The van der Waals surface area contributed by atoms with E-state index in [9.17, 15) is 14.7 Å². The number of aryl methyl sites for hydroxylation is 1. The molecular weight excluding hydrogens is 508 g/mol. The van der Waals surface area contributed by atoms with E-state index in [4.69, 9.17) is 4.74 Å². The van der Waals surface area contributed by atoms with Crippen LogP contribution < -0.4 is 10.6 Å². The van der Waals surface area contributed by atoms with Crippen LogP contribution in [0.15, 0.2) is 72.8 Å². The molecule has 0 aromatic heterocycles. The molecule has 0 saturated carbocycles. The van der Waals surface area contributed by atoms with Gasteiger partial charge in [0.25, 0.3) is 5.91 Å². The highest BCUT2D eigenvalue weighted by Crippen LogP contribution is 2.33. The Morgan fingerprint density at radius 3 is 2.44 bits per heavy atom. The molecule has 4 rings (SSSR count). The summed E-state index contributed by atoms with van der Waals surface area (Å²) in [7, 11) is 0. The first kappa shape index (κ1) is 28.9. The molecule has 3 aromatic carbocycles. The summed E-state index contributed by atoms with van der Waals surface area (Å²) < 4.78 is 6.72. The van der Waals surface area contributed by atoms with Crippen LogP contribution in [0.5, 0.6) is 0 Å². The number of amides is 1. The van der Waals surface area contributed by atoms with E-state index in [1.807, 2.05) is 67.8 Å². The Kier molecular flexibility index (Phi) is 10.6. The Labute approximate surface area is 235 Å². The molecule has 1 aliphatic heterocycles. The molecule has 206 valence electrons. The summed E-state index contributed by atoms with van der Waals surface area (Å²) in [5.41, 5.74) is 5.42. The standard InChI is InChI=1S/C32H38N2O4S/c1-22-8-6-7-11-26(22)28-21-24(12-13-27(28)31(35)34-29(32(36)37)16-19-39-2)30(20-23-9-4-3-5-10-23)38-25-14-17-33-18-15-25/h3-13,21,25,29-30,33H,14-20H2,1-2H3,(H,34,35)(H,36,37)/t29-,30?/m0/s1. The first-order valence-electron chi connectivity index (χ1n) is 13.6. The smallest absolute Gasteiger partial charge is 0.326 e. The first-order valence-corrected chi connectivity index (χ1v) is 15.0. The highest BCUT2D eigenvalue weighted by atomic mass is 32.2. The van der Waals surface area contributed by atoms with Gasteiger partial charge in [-0.15, -0.1) is 0 Å². The highest BCUT2D eigenvalue weighted by molar-refractivity contribution is 7.98. The van der Waals surface area contributed by atoms with Crippen molar-refractivity contribution in [2.45, 2.75) is 50.9 Å². The maximum absolute atomic E-state index is 13.5. The molecule has 0 spiro atoms. The van der Waals surface area contributed by atoms with Gasteiger partial charge in [-0.05, 0) is 91.2 Å². The SMILES string of the molecule is CSCC[C@H](NC(=O)c1ccc(C(Cc2ccccc2)OC2CCNCC2)cc1-c1ccccc1C)C(=O)O. The van der Waals surface area contributed by atoms with E-state index in [1.54, 1.807) is 11.8 Å². The van der Waals surface area contributed by atoms with Gasteiger partial charge in [0, 0.05) is 12.0 Å². The van der Waals surface area contributed by atoms with E-state index < -0.39 is 12.0 Å². The number of carboxylic acid groups (broad SMARTS) is 1. The lowest BCUT2D eigenvalue weighted by molar-refractivity contribution is -0.139. The second-order valence-electron chi connectivity index (χ2n) is 10.0. The quantitative estimate of drug-likeness (QED) is 0.272. The fraction of sp³-hybridized carbons (Fsp3) is 0.375. The van der Waals surface area contributed by atoms with Crippen LogP contribution in [0.25, 0.3) is 11.1 Å². The summed E-state index contributed by atoms with van der Waals surface area (Å²) in [6.07, 6.45) is 4.92. The number of nitrogens with one attached hydrogen (secondary N) is 2. The van der Waals surface area contributed by atoms with Crippen molar-refractivity contribution in [3.63, 3.8) is 0 Å². The van der Waals surface area contributed by atoms with Gasteiger partial charge in [0.05, 0.1) is 12.2 Å². The van der Waals surface area contributed by atoms with Gasteiger partial charge in [-0.2, -0.15) is 11.8 Å². The Hall–Kier alpha value is -3.13. The number of hydrogen-bond donors (Lipinski definition) is 3. The number of piperidine rings is 1. The van der Waals surface area contributed by atoms with Gasteiger partial charge in [0.15, 0.2) is 0 Å². The van der Waals surface area contributed by atoms with E-state index in [1.165, 1.54) is 5.56 Å². The molecule has 1 aliphatic rings. The predicted molar refractivity (Wildman–Crippen MR) is 158 cm³/mol. The van der Waals surface area contributed by atoms with Crippen LogP contribution in [-0.2, 0) is 16.0 Å². The van der Waals surface area contributed by atoms with Gasteiger partial charge in [0.2, 0.25) is 0 Å². The number of hydrogen-bond acceptors (Lipinski definition) is 5. The average Bonchev–Trinajstić information content (AvgIpc) is 2.96. The minimum absolute atomic E-state index is 0.164. The normalized spacial score (nSPS) is 15.4. The van der Waals surface area contributed by atoms with Crippen LogP contribution in [0.4, 0.5) is 0 Å². The topological polar surface area (TPSA) is 87.7 Å². The number of rotatable bonds is 12. The molecule has 1 heterocycles. The molecule has 3 N–H and O–H groups in total. The van der Waals surface area contributed by atoms with E-state index in [2.05, 4.69) is 28.8 Å². The molecule has 0 radical (unpaired) electrons. The molecule has 1 unspecified atom stereocenters. The average molecular weight is 547 g/mol. The Balaban J connectivity index is 1.72. The number of carbonyl (C=O) groups excluding carboxylic acids is 1. The molecule has 39 heavy (non-hydrogen) atoms. The van der Waals surface area contributed by atoms with Gasteiger partial charge < -0.3 is 20.5 Å². The zero-order valence-electron chi connectivity index (χ0n) is 22.7. The molecule has 0 aliphatic carbocycles. The van der Waals surface area contributed by atoms with Crippen LogP contribution in [0.2, 0.25) is 0 Å². The van der Waals surface area contributed by atoms with Crippen LogP contribution in [0.1, 0.15) is 52.4 Å². The third kappa shape index (κ3) is 7.94. The third-order valence-electron chi connectivity index (χ3n) is 7.22. The van der Waals surface area contributed by atoms with Crippen LogP contribution in [0.3, 0.4) is 0 Å². The van der Waals surface area contributed by atoms with Gasteiger partial charge in [-0.1, -0.05) is 60.7 Å². The Morgan fingerprint density at radius 1 is 1.03 bits per heavy atom. The lowest BCUT2D eigenvalue weighted by Crippen LogP contribution is -2.41. The van der Waals surface area contributed by atoms with Crippen molar-refractivity contribution in [2.75, 3.05) is 25.1 Å². The second kappa shape index (κ2) is 14.3. The van der Waals surface area contributed by atoms with Gasteiger partial charge in [-0.3, -0.25) is 4.79 Å². The summed E-state index contributed by atoms with van der Waals surface area (Å²) in [6, 6.07) is 23.2. The summed E-state index contributed by atoms with van der Waals surface area (Å²) >= 11 is 1.56. The van der Waals surface area contributed by atoms with Crippen LogP contribution in [0, 0.1) is 6.92 Å². The minimum atomic E-state index is -1.02. The number of benzene rings is 3. The van der Waals surface area contributed by atoms with Crippen molar-refractivity contribution < 1.29 is 19.4 Å². The molecule has 1 saturated heterocycles. The fourth-order valence-electron chi connectivity index (χ4n) is 5.02. The van der Waals surface area contributed by atoms with Gasteiger partial charge in [0.1, 0.15) is 6.04 Å². The maximum atomic E-state index is 13.5. The van der Waals surface area contributed by atoms with E-state index in [0.717, 1.165) is 54.6 Å². The van der Waals surface area contributed by atoms with Crippen molar-refractivity contribution in [3.8, 4) is 11.1 Å². The number of carboxylic acids is 1. The largest absolute Gasteiger partial charge is 0.480 e. The number of carbonyl (C=O) groups is 2. The number of thioether (sulfide) groups is 1. The Bertz CT molecular complexity index is 1240. The number of aliphatic carboxylic acids is 1. The van der Waals surface area contributed by atoms with Crippen molar-refractivity contribution in [1.82, 2.24) is 10.6 Å². The second-order valence-corrected chi connectivity index (χ2v) is 11.0. The van der Waals surface area contributed by atoms with Crippen LogP contribution >= 0.6 is 11.8 Å². The van der Waals surface area contributed by atoms with Crippen molar-refractivity contribution in [2.24, 2.45) is 0 Å². The lowest BCUT2D eigenvalue weighted by atomic mass is 9.91. The van der Waals surface area contributed by atoms with Gasteiger partial charge in [-0.25, -0.2) is 4.79 Å². The Morgan fingerprint density at radius 2 is 1.74 bits per heavy atom. The predicted octanol–water partition coefficient (Wildman–Crippen LogP) is 5.65. The van der Waals surface area contributed by atoms with Crippen LogP contribution in [-0.4, -0.2) is 54.2 Å². The zero-order chi connectivity index (χ0) is 27.6. The first-order chi connectivity index (χ1) is 19.0. The molecule has 1 amide bonds. The van der Waals surface area contributed by atoms with Crippen molar-refractivity contribution >= 4 is 23.6 Å². The highest BCUT2D eigenvalue weighted by Gasteiger charge is 2.25. The number of ether oxygens (including phenoxy) is 1. The summed E-state index contributed by atoms with van der Waals surface area (Å²) in [5, 5.41) is 15.9. The molecule has 7 heteroatoms. The molecule has 3 aromatic rings. The summed E-state index contributed by atoms with van der Waals surface area (Å²) in [6.45, 7) is 3.91. The maximum Gasteiger partial charge on any atom is 0.326 e. The molecule has 0 bridgehead atoms. The minimum Gasteiger partial charge on any atom is -0.480 e. The zero-order valence-corrected chi connectivity index (χ0v) is 23.5. The van der Waals surface area contributed by atoms with E-state index >= 15 is 0 Å². The van der Waals surface area contributed by atoms with Crippen molar-refractivity contribution in [3.05, 3.63) is 95.1 Å². The molecule has 6 nitrogen and oxygen atoms in total. The van der Waals surface area contributed by atoms with E-state index in [-0.39, 0.29) is 18.1 Å². The third-order valence-corrected chi connectivity index (χ3v) is 7.86. The molecular formula is C32H38N2O4S. The summed E-state index contributed by atoms with van der Waals surface area (Å²) in [4.78, 5) is 25.3. The van der Waals surface area contributed by atoms with Gasteiger partial charge >= 0.3 is 5.97 Å². The monoisotopic (exact) mass is 546 g/mol. The fourth-order valence-corrected chi connectivity index (χ4v) is 5.50. The lowest BCUT2D eigenvalue weighted by Gasteiger charge is -2.29. The summed E-state index contributed by atoms with van der Waals surface area (Å²) in [5.74, 6) is -0.757.